The minimum Gasteiger partial charge on any atom is -0.494 e. The highest BCUT2D eigenvalue weighted by Crippen LogP contribution is 2.29. The van der Waals surface area contributed by atoms with Crippen LogP contribution >= 0.6 is 23.6 Å². The maximum absolute atomic E-state index is 12.4. The summed E-state index contributed by atoms with van der Waals surface area (Å²) in [6.45, 7) is 1.59. The highest BCUT2D eigenvalue weighted by atomic mass is 32.1. The molecule has 0 saturated carbocycles. The van der Waals surface area contributed by atoms with Gasteiger partial charge in [0.25, 0.3) is 17.5 Å². The van der Waals surface area contributed by atoms with Crippen molar-refractivity contribution in [1.82, 2.24) is 5.32 Å². The summed E-state index contributed by atoms with van der Waals surface area (Å²) in [6, 6.07) is 12.6. The molecule has 0 atom stereocenters. The predicted octanol–water partition coefficient (Wildman–Crippen LogP) is 4.35. The zero-order valence-electron chi connectivity index (χ0n) is 17.0. The van der Waals surface area contributed by atoms with Gasteiger partial charge in [-0.3, -0.25) is 25.0 Å². The Balaban J connectivity index is 1.67. The van der Waals surface area contributed by atoms with Gasteiger partial charge in [-0.2, -0.15) is 0 Å². The van der Waals surface area contributed by atoms with Crippen molar-refractivity contribution in [2.45, 2.75) is 6.92 Å². The van der Waals surface area contributed by atoms with Crippen molar-refractivity contribution in [2.24, 2.45) is 0 Å². The summed E-state index contributed by atoms with van der Waals surface area (Å²) in [4.78, 5) is 35.8. The summed E-state index contributed by atoms with van der Waals surface area (Å²) in [6.07, 6.45) is 0. The molecule has 3 N–H and O–H groups in total. The van der Waals surface area contributed by atoms with Crippen molar-refractivity contribution in [3.8, 4) is 5.75 Å². The van der Waals surface area contributed by atoms with Crippen LogP contribution in [0.15, 0.2) is 53.9 Å². The van der Waals surface area contributed by atoms with Crippen LogP contribution in [0.5, 0.6) is 5.75 Å². The van der Waals surface area contributed by atoms with E-state index in [1.165, 1.54) is 36.6 Å². The molecule has 0 bridgehead atoms. The van der Waals surface area contributed by atoms with Gasteiger partial charge in [0, 0.05) is 28.9 Å². The zero-order chi connectivity index (χ0) is 23.3. The van der Waals surface area contributed by atoms with E-state index in [-0.39, 0.29) is 22.3 Å². The molecule has 1 heterocycles. The fourth-order valence-electron chi connectivity index (χ4n) is 2.75. The largest absolute Gasteiger partial charge is 0.494 e. The maximum Gasteiger partial charge on any atom is 0.273 e. The second kappa shape index (κ2) is 9.98. The molecule has 0 radical (unpaired) electrons. The third-order valence-corrected chi connectivity index (χ3v) is 5.42. The average molecular weight is 471 g/mol. The normalized spacial score (nSPS) is 10.2. The van der Waals surface area contributed by atoms with Crippen molar-refractivity contribution in [3.05, 3.63) is 80.0 Å². The van der Waals surface area contributed by atoms with E-state index in [2.05, 4.69) is 16.0 Å². The van der Waals surface area contributed by atoms with Crippen molar-refractivity contribution in [1.29, 1.82) is 0 Å². The second-order valence-electron chi connectivity index (χ2n) is 6.51. The number of hydrogen-bond donors (Lipinski definition) is 3. The maximum atomic E-state index is 12.4. The zero-order valence-corrected chi connectivity index (χ0v) is 18.6. The number of benzene rings is 2. The molecule has 0 fully saturated rings. The Hall–Kier alpha value is -3.83. The number of nitro groups is 1. The van der Waals surface area contributed by atoms with Gasteiger partial charge < -0.3 is 15.4 Å². The summed E-state index contributed by atoms with van der Waals surface area (Å²) in [5, 5.41) is 21.0. The fourth-order valence-corrected chi connectivity index (χ4v) is 3.58. The first-order valence-electron chi connectivity index (χ1n) is 9.18. The number of carbonyl (C=O) groups excluding carboxylic acids is 2. The van der Waals surface area contributed by atoms with Crippen LogP contribution in [0.1, 0.15) is 25.6 Å². The third-order valence-electron chi connectivity index (χ3n) is 4.35. The van der Waals surface area contributed by atoms with Gasteiger partial charge in [-0.1, -0.05) is 12.1 Å². The topological polar surface area (TPSA) is 123 Å². The molecule has 1 aromatic heterocycles. The molecule has 0 aliphatic rings. The lowest BCUT2D eigenvalue weighted by Crippen LogP contribution is -2.34. The summed E-state index contributed by atoms with van der Waals surface area (Å²) in [5.41, 5.74) is 1.39. The summed E-state index contributed by atoms with van der Waals surface area (Å²) in [7, 11) is 1.46. The third kappa shape index (κ3) is 5.45. The molecule has 3 aromatic rings. The Morgan fingerprint density at radius 1 is 1.09 bits per heavy atom. The van der Waals surface area contributed by atoms with Crippen LogP contribution in [-0.2, 0) is 0 Å². The van der Waals surface area contributed by atoms with Crippen LogP contribution in [0.4, 0.5) is 17.1 Å². The van der Waals surface area contributed by atoms with Gasteiger partial charge in [-0.15, -0.1) is 11.3 Å². The van der Waals surface area contributed by atoms with Gasteiger partial charge in [0.2, 0.25) is 0 Å². The van der Waals surface area contributed by atoms with Crippen LogP contribution in [0, 0.1) is 17.0 Å². The number of anilines is 2. The van der Waals surface area contributed by atoms with E-state index >= 15 is 0 Å². The van der Waals surface area contributed by atoms with Crippen molar-refractivity contribution in [2.75, 3.05) is 17.7 Å². The molecule has 11 heteroatoms. The van der Waals surface area contributed by atoms with E-state index in [1.807, 2.05) is 5.38 Å². The summed E-state index contributed by atoms with van der Waals surface area (Å²) in [5.74, 6) is -0.449. The van der Waals surface area contributed by atoms with Crippen molar-refractivity contribution < 1.29 is 19.2 Å². The van der Waals surface area contributed by atoms with Crippen LogP contribution < -0.4 is 20.7 Å². The number of carbonyl (C=O) groups is 2. The van der Waals surface area contributed by atoms with Crippen molar-refractivity contribution in [3.63, 3.8) is 0 Å². The monoisotopic (exact) mass is 470 g/mol. The first-order chi connectivity index (χ1) is 15.3. The van der Waals surface area contributed by atoms with Gasteiger partial charge in [-0.05, 0) is 48.8 Å². The molecular weight excluding hydrogens is 452 g/mol. The fraction of sp³-hybridized carbons (Fsp3) is 0.0952. The molecule has 2 amide bonds. The molecule has 0 saturated heterocycles. The van der Waals surface area contributed by atoms with Crippen molar-refractivity contribution >= 4 is 57.5 Å². The predicted molar refractivity (Wildman–Crippen MR) is 127 cm³/mol. The quantitative estimate of drug-likeness (QED) is 0.278. The van der Waals surface area contributed by atoms with E-state index in [9.17, 15) is 19.7 Å². The Morgan fingerprint density at radius 2 is 1.88 bits per heavy atom. The van der Waals surface area contributed by atoms with Gasteiger partial charge >= 0.3 is 0 Å². The number of thiophene rings is 1. The Bertz CT molecular complexity index is 1190. The number of methoxy groups -OCH3 is 1. The van der Waals surface area contributed by atoms with E-state index < -0.39 is 10.8 Å². The minimum absolute atomic E-state index is 0.00403. The molecule has 32 heavy (non-hydrogen) atoms. The van der Waals surface area contributed by atoms with Gasteiger partial charge in [0.15, 0.2) is 5.11 Å². The van der Waals surface area contributed by atoms with Gasteiger partial charge in [0.1, 0.15) is 5.75 Å². The lowest BCUT2D eigenvalue weighted by Gasteiger charge is -2.14. The number of aryl methyl sites for hydroxylation is 1. The Kier molecular flexibility index (Phi) is 7.13. The number of hydrogen-bond acceptors (Lipinski definition) is 7. The minimum atomic E-state index is -0.586. The molecule has 3 rings (SSSR count). The highest BCUT2D eigenvalue weighted by molar-refractivity contribution is 7.80. The van der Waals surface area contributed by atoms with E-state index in [4.69, 9.17) is 17.0 Å². The smallest absolute Gasteiger partial charge is 0.273 e. The van der Waals surface area contributed by atoms with Gasteiger partial charge in [-0.25, -0.2) is 0 Å². The molecule has 0 unspecified atom stereocenters. The van der Waals surface area contributed by atoms with Crippen LogP contribution in [0.25, 0.3) is 0 Å². The molecule has 0 aliphatic heterocycles. The lowest BCUT2D eigenvalue weighted by atomic mass is 10.1. The second-order valence-corrected chi connectivity index (χ2v) is 7.87. The lowest BCUT2D eigenvalue weighted by molar-refractivity contribution is -0.385. The molecule has 2 aromatic carbocycles. The average Bonchev–Trinajstić information content (AvgIpc) is 3.29. The van der Waals surface area contributed by atoms with Crippen LogP contribution in [0.2, 0.25) is 0 Å². The van der Waals surface area contributed by atoms with Crippen LogP contribution in [-0.4, -0.2) is 29.0 Å². The van der Waals surface area contributed by atoms with Gasteiger partial charge in [0.05, 0.1) is 22.6 Å². The molecule has 9 nitrogen and oxygen atoms in total. The summed E-state index contributed by atoms with van der Waals surface area (Å²) >= 11 is 6.50. The number of rotatable bonds is 6. The molecule has 164 valence electrons. The SMILES string of the molecule is COc1cc(NC(=S)NC(=O)c2ccc(C)c([N+](=O)[O-])c2)ccc1NC(=O)c1cccs1. The molecular formula is C21H18N4O5S2. The Morgan fingerprint density at radius 3 is 2.53 bits per heavy atom. The molecule has 0 aliphatic carbocycles. The standard InChI is InChI=1S/C21H18N4O5S2/c1-12-5-6-13(10-16(12)25(28)29)19(26)24-21(31)22-14-7-8-15(17(11-14)30-2)23-20(27)18-4-3-9-32-18/h3-11H,1-2H3,(H,23,27)(H2,22,24,26,31). The number of thiocarbonyl (C=S) groups is 1. The summed E-state index contributed by atoms with van der Waals surface area (Å²) < 4.78 is 5.34. The molecule has 0 spiro atoms. The number of nitrogens with one attached hydrogen (secondary N) is 3. The first kappa shape index (κ1) is 22.8. The van der Waals surface area contributed by atoms with E-state index in [0.717, 1.165) is 0 Å². The van der Waals surface area contributed by atoms with Crippen LogP contribution in [0.3, 0.4) is 0 Å². The van der Waals surface area contributed by atoms with E-state index in [0.29, 0.717) is 27.6 Å². The number of nitro benzene ring substituents is 1. The highest BCUT2D eigenvalue weighted by Gasteiger charge is 2.16. The number of ether oxygens (including phenoxy) is 1. The number of nitrogens with zero attached hydrogens (tertiary/aromatic N) is 1. The number of amides is 2. The first-order valence-corrected chi connectivity index (χ1v) is 10.5. The van der Waals surface area contributed by atoms with E-state index in [1.54, 1.807) is 37.3 Å². The Labute approximate surface area is 192 Å².